The Labute approximate surface area is 142 Å². The zero-order valence-corrected chi connectivity index (χ0v) is 14.5. The van der Waals surface area contributed by atoms with Crippen molar-refractivity contribution in [1.29, 1.82) is 0 Å². The van der Waals surface area contributed by atoms with Gasteiger partial charge in [-0.3, -0.25) is 0 Å². The Morgan fingerprint density at radius 2 is 1.75 bits per heavy atom. The number of hydrogen-bond donors (Lipinski definition) is 1. The van der Waals surface area contributed by atoms with Crippen LogP contribution < -0.4 is 10.1 Å². The molecule has 1 N–H and O–H groups in total. The summed E-state index contributed by atoms with van der Waals surface area (Å²) < 4.78 is 15.3. The van der Waals surface area contributed by atoms with Gasteiger partial charge in [0, 0.05) is 6.20 Å². The molecular formula is C17H24N2O5. The van der Waals surface area contributed by atoms with Crippen LogP contribution in [-0.4, -0.2) is 36.7 Å². The highest BCUT2D eigenvalue weighted by Gasteiger charge is 2.21. The third-order valence-electron chi connectivity index (χ3n) is 2.85. The number of nitrogens with zero attached hydrogens (tertiary/aromatic N) is 1. The van der Waals surface area contributed by atoms with E-state index in [1.54, 1.807) is 26.0 Å². The minimum Gasteiger partial charge on any atom is -0.492 e. The van der Waals surface area contributed by atoms with E-state index in [1.807, 2.05) is 13.8 Å². The van der Waals surface area contributed by atoms with E-state index >= 15 is 0 Å². The molecule has 0 spiro atoms. The van der Waals surface area contributed by atoms with E-state index in [1.165, 1.54) is 6.20 Å². The molecule has 24 heavy (non-hydrogen) atoms. The largest absolute Gasteiger partial charge is 0.492 e. The maximum absolute atomic E-state index is 11.8. The predicted octanol–water partition coefficient (Wildman–Crippen LogP) is 2.60. The maximum atomic E-state index is 11.8. The van der Waals surface area contributed by atoms with E-state index < -0.39 is 11.9 Å². The average molecular weight is 336 g/mol. The number of nitrogens with one attached hydrogen (secondary N) is 1. The molecule has 0 aliphatic heterocycles. The highest BCUT2D eigenvalue weighted by molar-refractivity contribution is 6.14. The van der Waals surface area contributed by atoms with Crippen LogP contribution in [0.15, 0.2) is 23.9 Å². The number of anilines is 1. The fraction of sp³-hybridized carbons (Fsp3) is 0.471. The molecule has 0 saturated heterocycles. The van der Waals surface area contributed by atoms with Gasteiger partial charge in [-0.2, -0.15) is 0 Å². The quantitative estimate of drug-likeness (QED) is 0.321. The van der Waals surface area contributed by atoms with Crippen molar-refractivity contribution in [3.8, 4) is 5.75 Å². The number of carbonyl (C=O) groups excluding carboxylic acids is 2. The standard InChI is InChI=1S/C17H24N2O5/c1-5-10-24-14-8-9-15(19-12(14)4)18-11-13(16(20)22-6-2)17(21)23-7-3/h8-9,11H,5-7,10H2,1-4H3,(H,18,19). The number of aryl methyl sites for hydroxylation is 1. The summed E-state index contributed by atoms with van der Waals surface area (Å²) in [5.74, 6) is -0.323. The van der Waals surface area contributed by atoms with Crippen LogP contribution in [0.2, 0.25) is 0 Å². The smallest absolute Gasteiger partial charge is 0.347 e. The van der Waals surface area contributed by atoms with Crippen molar-refractivity contribution >= 4 is 17.8 Å². The van der Waals surface area contributed by atoms with Gasteiger partial charge in [0.25, 0.3) is 0 Å². The molecule has 0 fully saturated rings. The minimum absolute atomic E-state index is 0.163. The van der Waals surface area contributed by atoms with Crippen LogP contribution in [0.25, 0.3) is 0 Å². The van der Waals surface area contributed by atoms with Gasteiger partial charge in [-0.1, -0.05) is 6.92 Å². The van der Waals surface area contributed by atoms with Crippen LogP contribution in [0.3, 0.4) is 0 Å². The van der Waals surface area contributed by atoms with Crippen molar-refractivity contribution in [3.63, 3.8) is 0 Å². The van der Waals surface area contributed by atoms with E-state index in [-0.39, 0.29) is 18.8 Å². The number of pyridine rings is 1. The molecule has 132 valence electrons. The van der Waals surface area contributed by atoms with Crippen LogP contribution in [0.4, 0.5) is 5.82 Å². The summed E-state index contributed by atoms with van der Waals surface area (Å²) in [6.45, 7) is 8.10. The van der Waals surface area contributed by atoms with Gasteiger partial charge in [0.05, 0.1) is 25.5 Å². The van der Waals surface area contributed by atoms with Gasteiger partial charge in [0.1, 0.15) is 11.6 Å². The highest BCUT2D eigenvalue weighted by atomic mass is 16.6. The Balaban J connectivity index is 2.90. The van der Waals surface area contributed by atoms with E-state index in [2.05, 4.69) is 10.3 Å². The van der Waals surface area contributed by atoms with Crippen molar-refractivity contribution in [3.05, 3.63) is 29.6 Å². The number of esters is 2. The lowest BCUT2D eigenvalue weighted by Gasteiger charge is -2.10. The van der Waals surface area contributed by atoms with Crippen molar-refractivity contribution in [2.45, 2.75) is 34.1 Å². The van der Waals surface area contributed by atoms with E-state index in [0.717, 1.165) is 6.42 Å². The number of carbonyl (C=O) groups is 2. The van der Waals surface area contributed by atoms with Crippen LogP contribution in [0.5, 0.6) is 5.75 Å². The predicted molar refractivity (Wildman–Crippen MR) is 89.7 cm³/mol. The van der Waals surface area contributed by atoms with Crippen molar-refractivity contribution in [1.82, 2.24) is 4.98 Å². The topological polar surface area (TPSA) is 86.8 Å². The molecule has 0 unspecified atom stereocenters. The lowest BCUT2D eigenvalue weighted by molar-refractivity contribution is -0.146. The second-order valence-electron chi connectivity index (χ2n) is 4.77. The zero-order chi connectivity index (χ0) is 17.9. The Morgan fingerprint density at radius 3 is 2.25 bits per heavy atom. The van der Waals surface area contributed by atoms with Gasteiger partial charge in [0.2, 0.25) is 0 Å². The van der Waals surface area contributed by atoms with Gasteiger partial charge in [-0.05, 0) is 39.3 Å². The first-order chi connectivity index (χ1) is 11.5. The fourth-order valence-electron chi connectivity index (χ4n) is 1.76. The van der Waals surface area contributed by atoms with Gasteiger partial charge >= 0.3 is 11.9 Å². The summed E-state index contributed by atoms with van der Waals surface area (Å²) >= 11 is 0. The number of hydrogen-bond acceptors (Lipinski definition) is 7. The van der Waals surface area contributed by atoms with Gasteiger partial charge in [-0.15, -0.1) is 0 Å². The molecule has 7 heteroatoms. The van der Waals surface area contributed by atoms with Crippen molar-refractivity contribution < 1.29 is 23.8 Å². The first kappa shape index (κ1) is 19.5. The Morgan fingerprint density at radius 1 is 1.12 bits per heavy atom. The van der Waals surface area contributed by atoms with Crippen LogP contribution >= 0.6 is 0 Å². The molecule has 0 aliphatic rings. The van der Waals surface area contributed by atoms with Crippen LogP contribution in [-0.2, 0) is 19.1 Å². The molecule has 0 atom stereocenters. The van der Waals surface area contributed by atoms with E-state index in [9.17, 15) is 9.59 Å². The Kier molecular flexibility index (Phi) is 8.32. The van der Waals surface area contributed by atoms with Gasteiger partial charge in [0.15, 0.2) is 5.57 Å². The first-order valence-electron chi connectivity index (χ1n) is 7.94. The summed E-state index contributed by atoms with van der Waals surface area (Å²) in [5.41, 5.74) is 0.486. The monoisotopic (exact) mass is 336 g/mol. The maximum Gasteiger partial charge on any atom is 0.347 e. The number of rotatable bonds is 9. The molecule has 1 rings (SSSR count). The summed E-state index contributed by atoms with van der Waals surface area (Å²) in [6.07, 6.45) is 2.15. The Bertz CT molecular complexity index is 579. The van der Waals surface area contributed by atoms with E-state index in [0.29, 0.717) is 23.9 Å². The molecular weight excluding hydrogens is 312 g/mol. The molecule has 1 aromatic heterocycles. The molecule has 0 aromatic carbocycles. The number of ether oxygens (including phenoxy) is 3. The summed E-state index contributed by atoms with van der Waals surface area (Å²) in [6, 6.07) is 3.48. The molecule has 0 aliphatic carbocycles. The molecule has 0 radical (unpaired) electrons. The minimum atomic E-state index is -0.747. The number of aromatic nitrogens is 1. The molecule has 1 aromatic rings. The normalized spacial score (nSPS) is 9.83. The van der Waals surface area contributed by atoms with Gasteiger partial charge in [-0.25, -0.2) is 14.6 Å². The second kappa shape index (κ2) is 10.3. The van der Waals surface area contributed by atoms with E-state index in [4.69, 9.17) is 14.2 Å². The highest BCUT2D eigenvalue weighted by Crippen LogP contribution is 2.18. The van der Waals surface area contributed by atoms with Crippen LogP contribution in [0, 0.1) is 6.92 Å². The molecule has 0 amide bonds. The second-order valence-corrected chi connectivity index (χ2v) is 4.77. The lowest BCUT2D eigenvalue weighted by atomic mass is 10.3. The molecule has 0 saturated carbocycles. The summed E-state index contributed by atoms with van der Waals surface area (Å²) in [7, 11) is 0. The fourth-order valence-corrected chi connectivity index (χ4v) is 1.76. The van der Waals surface area contributed by atoms with Crippen molar-refractivity contribution in [2.24, 2.45) is 0 Å². The summed E-state index contributed by atoms with van der Waals surface area (Å²) in [5, 5.41) is 2.82. The third kappa shape index (κ3) is 5.91. The zero-order valence-electron chi connectivity index (χ0n) is 14.5. The SMILES string of the molecule is CCCOc1ccc(NC=C(C(=O)OCC)C(=O)OCC)nc1C. The first-order valence-corrected chi connectivity index (χ1v) is 7.94. The lowest BCUT2D eigenvalue weighted by Crippen LogP contribution is -2.19. The van der Waals surface area contributed by atoms with Crippen molar-refractivity contribution in [2.75, 3.05) is 25.1 Å². The third-order valence-corrected chi connectivity index (χ3v) is 2.85. The van der Waals surface area contributed by atoms with Gasteiger partial charge < -0.3 is 19.5 Å². The molecule has 1 heterocycles. The molecule has 7 nitrogen and oxygen atoms in total. The van der Waals surface area contributed by atoms with Crippen LogP contribution in [0.1, 0.15) is 32.9 Å². The summed E-state index contributed by atoms with van der Waals surface area (Å²) in [4.78, 5) is 28.0. The Hall–Kier alpha value is -2.57. The average Bonchev–Trinajstić information content (AvgIpc) is 2.55. The molecule has 0 bridgehead atoms.